The summed E-state index contributed by atoms with van der Waals surface area (Å²) in [6, 6.07) is 4.92. The average Bonchev–Trinajstić information content (AvgIpc) is 2.28. The lowest BCUT2D eigenvalue weighted by Gasteiger charge is -2.09. The normalized spacial score (nSPS) is 11.9. The molecule has 0 fully saturated rings. The molecule has 16 heavy (non-hydrogen) atoms. The summed E-state index contributed by atoms with van der Waals surface area (Å²) >= 11 is 0. The van der Waals surface area contributed by atoms with Crippen LogP contribution in [-0.2, 0) is 4.79 Å². The summed E-state index contributed by atoms with van der Waals surface area (Å²) < 4.78 is 4.98. The molecule has 0 aliphatic carbocycles. The molecule has 1 aromatic carbocycles. The second-order valence-electron chi connectivity index (χ2n) is 3.18. The average molecular weight is 224 g/mol. The van der Waals surface area contributed by atoms with Gasteiger partial charge >= 0.3 is 5.97 Å². The van der Waals surface area contributed by atoms with E-state index in [1.165, 1.54) is 24.3 Å². The summed E-state index contributed by atoms with van der Waals surface area (Å²) in [5.74, 6) is -0.144. The van der Waals surface area contributed by atoms with Gasteiger partial charge in [-0.2, -0.15) is 0 Å². The minimum atomic E-state index is -0.512. The van der Waals surface area contributed by atoms with Crippen molar-refractivity contribution in [2.24, 2.45) is 0 Å². The van der Waals surface area contributed by atoms with Crippen molar-refractivity contribution in [1.29, 1.82) is 0 Å². The lowest BCUT2D eigenvalue weighted by atomic mass is 10.3. The number of ether oxygens (including phenoxy) is 1. The van der Waals surface area contributed by atoms with Crippen LogP contribution in [0.4, 0.5) is 5.69 Å². The maximum Gasteiger partial charge on any atom is 0.328 e. The summed E-state index contributed by atoms with van der Waals surface area (Å²) in [5.41, 5.74) is -0.0403. The zero-order valence-electron chi connectivity index (χ0n) is 8.97. The quantitative estimate of drug-likeness (QED) is 0.358. The molecule has 0 aliphatic heterocycles. The summed E-state index contributed by atoms with van der Waals surface area (Å²) in [6.07, 6.45) is 0. The maximum atomic E-state index is 11.3. The number of carbonyl (C=O) groups excluding carboxylic acids is 1. The highest BCUT2D eigenvalue weighted by Gasteiger charge is 2.13. The fourth-order valence-corrected chi connectivity index (χ4v) is 0.958. The lowest BCUT2D eigenvalue weighted by molar-refractivity contribution is -0.384. The van der Waals surface area contributed by atoms with E-state index in [1.54, 1.807) is 14.0 Å². The zero-order valence-corrected chi connectivity index (χ0v) is 8.97. The Hall–Kier alpha value is -1.95. The molecule has 1 atom stereocenters. The Morgan fingerprint density at radius 2 is 2.00 bits per heavy atom. The van der Waals surface area contributed by atoms with E-state index >= 15 is 0 Å². The predicted octanol–water partition coefficient (Wildman–Crippen LogP) is 1.11. The van der Waals surface area contributed by atoms with E-state index in [0.717, 1.165) is 0 Å². The van der Waals surface area contributed by atoms with Crippen molar-refractivity contribution in [3.8, 4) is 5.75 Å². The molecule has 0 unspecified atom stereocenters. The van der Waals surface area contributed by atoms with Crippen molar-refractivity contribution in [2.75, 3.05) is 7.05 Å². The molecular formula is C10H12N2O4. The van der Waals surface area contributed by atoms with Gasteiger partial charge in [0.05, 0.1) is 4.92 Å². The van der Waals surface area contributed by atoms with Gasteiger partial charge in [0.2, 0.25) is 0 Å². The van der Waals surface area contributed by atoms with Crippen LogP contribution in [0.2, 0.25) is 0 Å². The van der Waals surface area contributed by atoms with Crippen LogP contribution >= 0.6 is 0 Å². The standard InChI is InChI=1S/C10H12N2O4/c1-7(11-2)10(13)16-9-5-3-8(4-6-9)12(14)15/h3-7,11H,1-2H3/t7-/m0/s1. The second kappa shape index (κ2) is 5.22. The first-order chi connectivity index (χ1) is 7.54. The van der Waals surface area contributed by atoms with Crippen LogP contribution in [0.5, 0.6) is 5.75 Å². The number of hydrogen-bond acceptors (Lipinski definition) is 5. The minimum Gasteiger partial charge on any atom is -0.425 e. The van der Waals surface area contributed by atoms with E-state index in [-0.39, 0.29) is 11.4 Å². The Balaban J connectivity index is 2.69. The summed E-state index contributed by atoms with van der Waals surface area (Å²) in [5, 5.41) is 13.1. The number of hydrogen-bond donors (Lipinski definition) is 1. The number of nitro benzene ring substituents is 1. The highest BCUT2D eigenvalue weighted by atomic mass is 16.6. The fourth-order valence-electron chi connectivity index (χ4n) is 0.958. The monoisotopic (exact) mass is 224 g/mol. The molecule has 6 nitrogen and oxygen atoms in total. The summed E-state index contributed by atoms with van der Waals surface area (Å²) in [7, 11) is 1.64. The molecule has 0 aliphatic rings. The summed E-state index contributed by atoms with van der Waals surface area (Å²) in [6.45, 7) is 1.66. The van der Waals surface area contributed by atoms with Gasteiger partial charge in [-0.25, -0.2) is 4.79 Å². The number of carbonyl (C=O) groups is 1. The Bertz CT molecular complexity index is 388. The Kier molecular flexibility index (Phi) is 3.96. The van der Waals surface area contributed by atoms with Crippen LogP contribution < -0.4 is 10.1 Å². The molecule has 0 heterocycles. The van der Waals surface area contributed by atoms with Crippen molar-refractivity contribution in [3.63, 3.8) is 0 Å². The molecule has 0 saturated heterocycles. The van der Waals surface area contributed by atoms with Crippen LogP contribution in [0, 0.1) is 10.1 Å². The summed E-state index contributed by atoms with van der Waals surface area (Å²) in [4.78, 5) is 21.2. The van der Waals surface area contributed by atoms with Crippen LogP contribution in [-0.4, -0.2) is 24.0 Å². The highest BCUT2D eigenvalue weighted by molar-refractivity contribution is 5.77. The van der Waals surface area contributed by atoms with Crippen molar-refractivity contribution >= 4 is 11.7 Å². The topological polar surface area (TPSA) is 81.5 Å². The predicted molar refractivity (Wildman–Crippen MR) is 57.3 cm³/mol. The number of nitro groups is 1. The van der Waals surface area contributed by atoms with E-state index in [0.29, 0.717) is 0 Å². The number of esters is 1. The van der Waals surface area contributed by atoms with E-state index < -0.39 is 16.9 Å². The number of nitrogens with zero attached hydrogens (tertiary/aromatic N) is 1. The van der Waals surface area contributed by atoms with Gasteiger partial charge in [0.1, 0.15) is 11.8 Å². The van der Waals surface area contributed by atoms with Gasteiger partial charge in [0, 0.05) is 12.1 Å². The van der Waals surface area contributed by atoms with E-state index in [2.05, 4.69) is 5.32 Å². The lowest BCUT2D eigenvalue weighted by Crippen LogP contribution is -2.34. The van der Waals surface area contributed by atoms with Gasteiger partial charge in [-0.1, -0.05) is 0 Å². The molecule has 0 amide bonds. The number of benzene rings is 1. The third-order valence-electron chi connectivity index (χ3n) is 2.05. The van der Waals surface area contributed by atoms with Crippen LogP contribution in [0.15, 0.2) is 24.3 Å². The molecule has 1 N–H and O–H groups in total. The fraction of sp³-hybridized carbons (Fsp3) is 0.300. The van der Waals surface area contributed by atoms with Crippen molar-refractivity contribution in [1.82, 2.24) is 5.32 Å². The van der Waals surface area contributed by atoms with Gasteiger partial charge in [-0.3, -0.25) is 10.1 Å². The molecule has 0 aromatic heterocycles. The molecule has 1 aromatic rings. The van der Waals surface area contributed by atoms with E-state index in [9.17, 15) is 14.9 Å². The molecule has 0 saturated carbocycles. The van der Waals surface area contributed by atoms with Crippen LogP contribution in [0.3, 0.4) is 0 Å². The van der Waals surface area contributed by atoms with Crippen molar-refractivity contribution in [2.45, 2.75) is 13.0 Å². The zero-order chi connectivity index (χ0) is 12.1. The first-order valence-corrected chi connectivity index (χ1v) is 4.68. The molecule has 6 heteroatoms. The molecule has 0 bridgehead atoms. The second-order valence-corrected chi connectivity index (χ2v) is 3.18. The third-order valence-corrected chi connectivity index (χ3v) is 2.05. The third kappa shape index (κ3) is 3.03. The van der Waals surface area contributed by atoms with Gasteiger partial charge < -0.3 is 10.1 Å². The van der Waals surface area contributed by atoms with E-state index in [4.69, 9.17) is 4.74 Å². The molecular weight excluding hydrogens is 212 g/mol. The number of non-ortho nitro benzene ring substituents is 1. The van der Waals surface area contributed by atoms with Crippen LogP contribution in [0.1, 0.15) is 6.92 Å². The molecule has 1 rings (SSSR count). The first-order valence-electron chi connectivity index (χ1n) is 4.68. The SMILES string of the molecule is CN[C@@H](C)C(=O)Oc1ccc([N+](=O)[O-])cc1. The highest BCUT2D eigenvalue weighted by Crippen LogP contribution is 2.17. The minimum absolute atomic E-state index is 0.0403. The Labute approximate surface area is 92.4 Å². The van der Waals surface area contributed by atoms with Gasteiger partial charge in [-0.05, 0) is 26.1 Å². The van der Waals surface area contributed by atoms with Gasteiger partial charge in [-0.15, -0.1) is 0 Å². The van der Waals surface area contributed by atoms with Crippen LogP contribution in [0.25, 0.3) is 0 Å². The van der Waals surface area contributed by atoms with Gasteiger partial charge in [0.25, 0.3) is 5.69 Å². The first kappa shape index (κ1) is 12.1. The number of rotatable bonds is 4. The maximum absolute atomic E-state index is 11.3. The molecule has 0 radical (unpaired) electrons. The van der Waals surface area contributed by atoms with Gasteiger partial charge in [0.15, 0.2) is 0 Å². The smallest absolute Gasteiger partial charge is 0.328 e. The number of likely N-dealkylation sites (N-methyl/N-ethyl adjacent to an activating group) is 1. The largest absolute Gasteiger partial charge is 0.425 e. The number of nitrogens with one attached hydrogen (secondary N) is 1. The Morgan fingerprint density at radius 3 is 2.44 bits per heavy atom. The van der Waals surface area contributed by atoms with Crippen molar-refractivity contribution in [3.05, 3.63) is 34.4 Å². The Morgan fingerprint density at radius 1 is 1.44 bits per heavy atom. The van der Waals surface area contributed by atoms with Crippen molar-refractivity contribution < 1.29 is 14.5 Å². The molecule has 86 valence electrons. The molecule has 0 spiro atoms. The van der Waals surface area contributed by atoms with E-state index in [1.807, 2.05) is 0 Å².